The van der Waals surface area contributed by atoms with Crippen molar-refractivity contribution >= 4 is 39.7 Å². The summed E-state index contributed by atoms with van der Waals surface area (Å²) in [6.45, 7) is 0. The molecule has 1 heterocycles. The van der Waals surface area contributed by atoms with Crippen LogP contribution in [0.4, 0.5) is 5.69 Å². The van der Waals surface area contributed by atoms with Crippen LogP contribution in [0.25, 0.3) is 21.2 Å². The minimum atomic E-state index is -0.472. The summed E-state index contributed by atoms with van der Waals surface area (Å²) < 4.78 is 4.90. The fraction of sp³-hybridized carbons (Fsp3) is 0.0435. The zero-order chi connectivity index (χ0) is 19.5. The molecule has 0 saturated heterocycles. The Balaban J connectivity index is 1.73. The van der Waals surface area contributed by atoms with Crippen molar-refractivity contribution in [3.8, 4) is 10.4 Å². The van der Waals surface area contributed by atoms with E-state index in [0.29, 0.717) is 16.1 Å². The molecule has 0 aliphatic heterocycles. The smallest absolute Gasteiger partial charge is 0.350 e. The highest BCUT2D eigenvalue weighted by molar-refractivity contribution is 7.18. The number of carbonyl (C=O) groups excluding carboxylic acids is 2. The van der Waals surface area contributed by atoms with Gasteiger partial charge in [0.1, 0.15) is 4.88 Å². The van der Waals surface area contributed by atoms with Crippen molar-refractivity contribution in [1.29, 1.82) is 0 Å². The van der Waals surface area contributed by atoms with Gasteiger partial charge in [-0.3, -0.25) is 4.79 Å². The summed E-state index contributed by atoms with van der Waals surface area (Å²) >= 11 is 1.30. The van der Waals surface area contributed by atoms with Crippen LogP contribution >= 0.6 is 11.3 Å². The summed E-state index contributed by atoms with van der Waals surface area (Å²) in [7, 11) is 1.33. The summed E-state index contributed by atoms with van der Waals surface area (Å²) in [6, 6.07) is 24.8. The lowest BCUT2D eigenvalue weighted by atomic mass is 10.0. The highest BCUT2D eigenvalue weighted by atomic mass is 32.1. The first kappa shape index (κ1) is 17.9. The summed E-state index contributed by atoms with van der Waals surface area (Å²) in [4.78, 5) is 26.5. The van der Waals surface area contributed by atoms with Crippen molar-refractivity contribution < 1.29 is 14.3 Å². The zero-order valence-corrected chi connectivity index (χ0v) is 16.0. The Hall–Kier alpha value is -3.44. The molecule has 138 valence electrons. The number of nitrogens with one attached hydrogen (secondary N) is 1. The summed E-state index contributed by atoms with van der Waals surface area (Å²) in [5.74, 6) is -0.736. The third kappa shape index (κ3) is 3.40. The van der Waals surface area contributed by atoms with Crippen molar-refractivity contribution in [3.05, 3.63) is 89.3 Å². The van der Waals surface area contributed by atoms with E-state index in [4.69, 9.17) is 4.74 Å². The van der Waals surface area contributed by atoms with Crippen LogP contribution in [-0.4, -0.2) is 19.0 Å². The fourth-order valence-corrected chi connectivity index (χ4v) is 4.12. The number of hydrogen-bond acceptors (Lipinski definition) is 4. The first-order valence-electron chi connectivity index (χ1n) is 8.74. The molecule has 0 atom stereocenters. The number of amides is 1. The molecule has 0 fully saturated rings. The lowest BCUT2D eigenvalue weighted by molar-refractivity contribution is 0.0607. The van der Waals surface area contributed by atoms with Gasteiger partial charge in [0.15, 0.2) is 0 Å². The van der Waals surface area contributed by atoms with Crippen LogP contribution in [-0.2, 0) is 4.74 Å². The molecule has 28 heavy (non-hydrogen) atoms. The van der Waals surface area contributed by atoms with Gasteiger partial charge in [-0.05, 0) is 28.5 Å². The molecule has 4 aromatic rings. The first-order chi connectivity index (χ1) is 13.7. The Morgan fingerprint density at radius 1 is 0.893 bits per heavy atom. The van der Waals surface area contributed by atoms with Gasteiger partial charge in [0.25, 0.3) is 5.91 Å². The minimum Gasteiger partial charge on any atom is -0.465 e. The number of esters is 1. The van der Waals surface area contributed by atoms with Gasteiger partial charge in [-0.2, -0.15) is 0 Å². The van der Waals surface area contributed by atoms with E-state index >= 15 is 0 Å². The molecule has 0 unspecified atom stereocenters. The van der Waals surface area contributed by atoms with E-state index in [0.717, 1.165) is 21.2 Å². The van der Waals surface area contributed by atoms with Gasteiger partial charge >= 0.3 is 5.97 Å². The highest BCUT2D eigenvalue weighted by Gasteiger charge is 2.20. The van der Waals surface area contributed by atoms with Crippen molar-refractivity contribution in [1.82, 2.24) is 0 Å². The van der Waals surface area contributed by atoms with Crippen LogP contribution in [0.3, 0.4) is 0 Å². The molecule has 1 amide bonds. The zero-order valence-electron chi connectivity index (χ0n) is 15.1. The maximum absolute atomic E-state index is 13.0. The number of benzene rings is 3. The molecule has 0 radical (unpaired) electrons. The third-order valence-electron chi connectivity index (χ3n) is 4.44. The van der Waals surface area contributed by atoms with Gasteiger partial charge in [-0.15, -0.1) is 11.3 Å². The molecule has 3 aromatic carbocycles. The van der Waals surface area contributed by atoms with Gasteiger partial charge in [-0.1, -0.05) is 66.7 Å². The predicted molar refractivity (Wildman–Crippen MR) is 113 cm³/mol. The average molecular weight is 387 g/mol. The summed E-state index contributed by atoms with van der Waals surface area (Å²) in [5.41, 5.74) is 1.98. The van der Waals surface area contributed by atoms with Crippen LogP contribution in [0.1, 0.15) is 20.0 Å². The second-order valence-electron chi connectivity index (χ2n) is 6.19. The van der Waals surface area contributed by atoms with E-state index in [1.54, 1.807) is 6.07 Å². The van der Waals surface area contributed by atoms with Gasteiger partial charge in [-0.25, -0.2) is 4.79 Å². The van der Waals surface area contributed by atoms with Crippen LogP contribution in [0.5, 0.6) is 0 Å². The second-order valence-corrected chi connectivity index (χ2v) is 7.24. The van der Waals surface area contributed by atoms with Crippen molar-refractivity contribution in [3.63, 3.8) is 0 Å². The Morgan fingerprint density at radius 3 is 2.39 bits per heavy atom. The molecule has 4 rings (SSSR count). The number of carbonyl (C=O) groups is 2. The Kier molecular flexibility index (Phi) is 4.91. The number of ether oxygens (including phenoxy) is 1. The second kappa shape index (κ2) is 7.66. The van der Waals surface area contributed by atoms with Crippen LogP contribution < -0.4 is 5.32 Å². The minimum absolute atomic E-state index is 0.264. The molecule has 1 aromatic heterocycles. The van der Waals surface area contributed by atoms with E-state index in [-0.39, 0.29) is 5.91 Å². The molecule has 5 heteroatoms. The molecule has 0 bridgehead atoms. The Labute approximate surface area is 166 Å². The largest absolute Gasteiger partial charge is 0.465 e. The monoisotopic (exact) mass is 387 g/mol. The molecule has 4 nitrogen and oxygen atoms in total. The highest BCUT2D eigenvalue weighted by Crippen LogP contribution is 2.35. The van der Waals surface area contributed by atoms with Crippen LogP contribution in [0, 0.1) is 0 Å². The van der Waals surface area contributed by atoms with Gasteiger partial charge in [0.05, 0.1) is 12.8 Å². The van der Waals surface area contributed by atoms with Gasteiger partial charge in [0.2, 0.25) is 0 Å². The Morgan fingerprint density at radius 2 is 1.61 bits per heavy atom. The van der Waals surface area contributed by atoms with Gasteiger partial charge < -0.3 is 10.1 Å². The van der Waals surface area contributed by atoms with E-state index in [1.165, 1.54) is 18.4 Å². The summed E-state index contributed by atoms with van der Waals surface area (Å²) in [5, 5.41) is 4.74. The average Bonchev–Trinajstić information content (AvgIpc) is 3.17. The van der Waals surface area contributed by atoms with Crippen molar-refractivity contribution in [2.75, 3.05) is 12.4 Å². The fourth-order valence-electron chi connectivity index (χ4n) is 3.09. The molecule has 0 aliphatic carbocycles. The lowest BCUT2D eigenvalue weighted by Gasteiger charge is -2.08. The normalized spacial score (nSPS) is 10.6. The van der Waals surface area contributed by atoms with Crippen LogP contribution in [0.2, 0.25) is 0 Å². The Bertz CT molecular complexity index is 1160. The van der Waals surface area contributed by atoms with Gasteiger partial charge in [0, 0.05) is 10.4 Å². The number of rotatable bonds is 4. The van der Waals surface area contributed by atoms with Crippen molar-refractivity contribution in [2.24, 2.45) is 0 Å². The van der Waals surface area contributed by atoms with Crippen LogP contribution in [0.15, 0.2) is 78.9 Å². The quantitative estimate of drug-likeness (QED) is 0.463. The van der Waals surface area contributed by atoms with E-state index < -0.39 is 5.97 Å². The number of thiophene rings is 1. The number of hydrogen-bond donors (Lipinski definition) is 1. The lowest BCUT2D eigenvalue weighted by Crippen LogP contribution is -2.14. The first-order valence-corrected chi connectivity index (χ1v) is 9.55. The number of fused-ring (bicyclic) bond motifs is 1. The topological polar surface area (TPSA) is 55.4 Å². The predicted octanol–water partition coefficient (Wildman–Crippen LogP) is 5.61. The van der Waals surface area contributed by atoms with E-state index in [9.17, 15) is 9.59 Å². The molecular weight excluding hydrogens is 370 g/mol. The standard InChI is InChI=1S/C23H17NO3S/c1-27-23(26)21-19(14-20(28-21)16-9-3-2-4-10-16)24-22(25)18-13-7-11-15-8-5-6-12-17(15)18/h2-14H,1H3,(H,24,25). The molecule has 0 saturated carbocycles. The maximum atomic E-state index is 13.0. The molecular formula is C23H17NO3S. The van der Waals surface area contributed by atoms with E-state index in [2.05, 4.69) is 5.32 Å². The molecule has 0 spiro atoms. The van der Waals surface area contributed by atoms with E-state index in [1.807, 2.05) is 72.8 Å². The summed E-state index contributed by atoms with van der Waals surface area (Å²) in [6.07, 6.45) is 0. The third-order valence-corrected chi connectivity index (χ3v) is 5.61. The SMILES string of the molecule is COC(=O)c1sc(-c2ccccc2)cc1NC(=O)c1cccc2ccccc12. The molecule has 0 aliphatic rings. The number of methoxy groups -OCH3 is 1. The molecule has 1 N–H and O–H groups in total. The maximum Gasteiger partial charge on any atom is 0.350 e. The van der Waals surface area contributed by atoms with Crippen molar-refractivity contribution in [2.45, 2.75) is 0 Å². The number of anilines is 1.